The molecule has 102 valence electrons. The highest BCUT2D eigenvalue weighted by Gasteiger charge is 2.41. The monoisotopic (exact) mass is 273 g/mol. The van der Waals surface area contributed by atoms with Gasteiger partial charge in [-0.05, 0) is 20.3 Å². The Morgan fingerprint density at radius 3 is 2.89 bits per heavy atom. The smallest absolute Gasteiger partial charge is 0.258 e. The Balaban J connectivity index is 2.22. The normalized spacial score (nSPS) is 28.7. The number of ether oxygens (including phenoxy) is 1. The van der Waals surface area contributed by atoms with E-state index in [0.717, 1.165) is 0 Å². The summed E-state index contributed by atoms with van der Waals surface area (Å²) in [7, 11) is -3.57. The number of aromatic amines is 1. The number of hydrogen-bond acceptors (Lipinski definition) is 4. The summed E-state index contributed by atoms with van der Waals surface area (Å²) in [5, 5.41) is 0.111. The molecule has 2 unspecified atom stereocenters. The number of sulfonamides is 1. The van der Waals surface area contributed by atoms with Crippen LogP contribution < -0.4 is 4.72 Å². The lowest BCUT2D eigenvalue weighted by molar-refractivity contribution is 0.0957. The molecule has 0 aliphatic carbocycles. The predicted molar refractivity (Wildman–Crippen MR) is 66.7 cm³/mol. The standard InChI is InChI=1S/C11H19N3O3S/c1-4-9-12-7-10(13-9)18(15,16)14-11(3)5-6-17-8(11)2/h7-8,14H,4-6H2,1-3H3,(H,12,13). The second-order valence-corrected chi connectivity index (χ2v) is 6.48. The van der Waals surface area contributed by atoms with Gasteiger partial charge >= 0.3 is 0 Å². The van der Waals surface area contributed by atoms with Gasteiger partial charge < -0.3 is 9.72 Å². The predicted octanol–water partition coefficient (Wildman–Crippen LogP) is 0.818. The fourth-order valence-corrected chi connectivity index (χ4v) is 3.43. The number of imidazole rings is 1. The first-order valence-electron chi connectivity index (χ1n) is 6.07. The molecule has 2 atom stereocenters. The van der Waals surface area contributed by atoms with Crippen LogP contribution in [0.1, 0.15) is 33.0 Å². The molecule has 2 heterocycles. The summed E-state index contributed by atoms with van der Waals surface area (Å²) in [5.41, 5.74) is -0.559. The molecule has 0 bridgehead atoms. The number of hydrogen-bond donors (Lipinski definition) is 2. The lowest BCUT2D eigenvalue weighted by Gasteiger charge is -2.27. The van der Waals surface area contributed by atoms with Crippen LogP contribution in [0.15, 0.2) is 11.2 Å². The van der Waals surface area contributed by atoms with Crippen molar-refractivity contribution in [1.29, 1.82) is 0 Å². The van der Waals surface area contributed by atoms with Crippen molar-refractivity contribution in [2.24, 2.45) is 0 Å². The second kappa shape index (κ2) is 4.64. The van der Waals surface area contributed by atoms with Crippen LogP contribution in [0, 0.1) is 0 Å². The van der Waals surface area contributed by atoms with Crippen molar-refractivity contribution in [2.45, 2.75) is 50.3 Å². The zero-order valence-electron chi connectivity index (χ0n) is 10.9. The molecular formula is C11H19N3O3S. The van der Waals surface area contributed by atoms with Crippen LogP contribution >= 0.6 is 0 Å². The van der Waals surface area contributed by atoms with Crippen LogP contribution in [-0.4, -0.2) is 36.6 Å². The van der Waals surface area contributed by atoms with E-state index in [1.165, 1.54) is 6.20 Å². The molecule has 1 aromatic heterocycles. The molecule has 2 rings (SSSR count). The average molecular weight is 273 g/mol. The van der Waals surface area contributed by atoms with Crippen molar-refractivity contribution >= 4 is 10.0 Å². The van der Waals surface area contributed by atoms with Gasteiger partial charge in [0.25, 0.3) is 10.0 Å². The third-order valence-corrected chi connectivity index (χ3v) is 5.01. The van der Waals surface area contributed by atoms with Crippen molar-refractivity contribution < 1.29 is 13.2 Å². The summed E-state index contributed by atoms with van der Waals surface area (Å²) in [6.07, 6.45) is 2.56. The van der Waals surface area contributed by atoms with E-state index in [0.29, 0.717) is 25.3 Å². The quantitative estimate of drug-likeness (QED) is 0.850. The van der Waals surface area contributed by atoms with Gasteiger partial charge in [0.2, 0.25) is 0 Å². The first-order valence-corrected chi connectivity index (χ1v) is 7.55. The van der Waals surface area contributed by atoms with Gasteiger partial charge in [0, 0.05) is 13.0 Å². The molecule has 0 saturated carbocycles. The first kappa shape index (κ1) is 13.5. The van der Waals surface area contributed by atoms with Gasteiger partial charge in [-0.15, -0.1) is 0 Å². The van der Waals surface area contributed by atoms with E-state index in [1.54, 1.807) is 0 Å². The Labute approximate surface area is 107 Å². The third kappa shape index (κ3) is 2.43. The van der Waals surface area contributed by atoms with E-state index < -0.39 is 15.6 Å². The lowest BCUT2D eigenvalue weighted by Crippen LogP contribution is -2.50. The molecule has 1 aliphatic heterocycles. The zero-order valence-corrected chi connectivity index (χ0v) is 11.7. The summed E-state index contributed by atoms with van der Waals surface area (Å²) in [6.45, 7) is 6.22. The minimum atomic E-state index is -3.57. The van der Waals surface area contributed by atoms with Gasteiger partial charge in [0.05, 0.1) is 17.8 Å². The van der Waals surface area contributed by atoms with Gasteiger partial charge in [-0.25, -0.2) is 18.1 Å². The molecule has 0 amide bonds. The number of nitrogens with zero attached hydrogens (tertiary/aromatic N) is 1. The molecule has 1 aliphatic rings. The molecule has 1 saturated heterocycles. The maximum absolute atomic E-state index is 12.2. The number of aromatic nitrogens is 2. The van der Waals surface area contributed by atoms with E-state index in [1.807, 2.05) is 20.8 Å². The van der Waals surface area contributed by atoms with Crippen molar-refractivity contribution in [3.63, 3.8) is 0 Å². The molecule has 2 N–H and O–H groups in total. The van der Waals surface area contributed by atoms with Crippen LogP contribution in [0.2, 0.25) is 0 Å². The fraction of sp³-hybridized carbons (Fsp3) is 0.727. The molecule has 1 aromatic rings. The van der Waals surface area contributed by atoms with E-state index in [9.17, 15) is 8.42 Å². The van der Waals surface area contributed by atoms with E-state index >= 15 is 0 Å². The Hall–Kier alpha value is -0.920. The molecule has 18 heavy (non-hydrogen) atoms. The molecule has 1 fully saturated rings. The van der Waals surface area contributed by atoms with Crippen LogP contribution in [0.25, 0.3) is 0 Å². The molecule has 0 aromatic carbocycles. The summed E-state index contributed by atoms with van der Waals surface area (Å²) in [4.78, 5) is 6.82. The molecular weight excluding hydrogens is 254 g/mol. The summed E-state index contributed by atoms with van der Waals surface area (Å²) >= 11 is 0. The molecule has 0 radical (unpaired) electrons. The summed E-state index contributed by atoms with van der Waals surface area (Å²) in [6, 6.07) is 0. The van der Waals surface area contributed by atoms with Gasteiger partial charge in [-0.2, -0.15) is 0 Å². The fourth-order valence-electron chi connectivity index (χ4n) is 1.99. The van der Waals surface area contributed by atoms with Crippen LogP contribution in [-0.2, 0) is 21.2 Å². The zero-order chi connectivity index (χ0) is 13.4. The van der Waals surface area contributed by atoms with Crippen molar-refractivity contribution in [1.82, 2.24) is 14.7 Å². The SMILES string of the molecule is CCc1ncc(S(=O)(=O)NC2(C)CCOC2C)[nH]1. The third-order valence-electron chi connectivity index (χ3n) is 3.48. The second-order valence-electron chi connectivity index (χ2n) is 4.83. The minimum absolute atomic E-state index is 0.111. The van der Waals surface area contributed by atoms with Crippen molar-refractivity contribution in [3.05, 3.63) is 12.0 Å². The Kier molecular flexibility index (Phi) is 3.48. The number of aryl methyl sites for hydroxylation is 1. The van der Waals surface area contributed by atoms with Crippen molar-refractivity contribution in [2.75, 3.05) is 6.61 Å². The number of nitrogens with one attached hydrogen (secondary N) is 2. The van der Waals surface area contributed by atoms with Crippen LogP contribution in [0.4, 0.5) is 0 Å². The van der Waals surface area contributed by atoms with Crippen molar-refractivity contribution in [3.8, 4) is 0 Å². The molecule has 0 spiro atoms. The maximum Gasteiger partial charge on any atom is 0.258 e. The first-order chi connectivity index (χ1) is 8.37. The Morgan fingerprint density at radius 2 is 2.39 bits per heavy atom. The average Bonchev–Trinajstić information content (AvgIpc) is 2.87. The van der Waals surface area contributed by atoms with Gasteiger partial charge in [0.15, 0.2) is 5.03 Å². The van der Waals surface area contributed by atoms with Gasteiger partial charge in [-0.1, -0.05) is 6.92 Å². The highest BCUT2D eigenvalue weighted by atomic mass is 32.2. The largest absolute Gasteiger partial charge is 0.376 e. The lowest BCUT2D eigenvalue weighted by atomic mass is 9.97. The summed E-state index contributed by atoms with van der Waals surface area (Å²) in [5.74, 6) is 0.663. The number of H-pyrrole nitrogens is 1. The maximum atomic E-state index is 12.2. The Bertz CT molecular complexity index is 525. The highest BCUT2D eigenvalue weighted by Crippen LogP contribution is 2.27. The Morgan fingerprint density at radius 1 is 1.67 bits per heavy atom. The molecule has 7 heteroatoms. The molecule has 6 nitrogen and oxygen atoms in total. The van der Waals surface area contributed by atoms with E-state index in [2.05, 4.69) is 14.7 Å². The van der Waals surface area contributed by atoms with Gasteiger partial charge in [-0.3, -0.25) is 0 Å². The van der Waals surface area contributed by atoms with Crippen LogP contribution in [0.5, 0.6) is 0 Å². The van der Waals surface area contributed by atoms with Gasteiger partial charge in [0.1, 0.15) is 5.82 Å². The van der Waals surface area contributed by atoms with E-state index in [4.69, 9.17) is 4.74 Å². The topological polar surface area (TPSA) is 84.1 Å². The summed E-state index contributed by atoms with van der Waals surface area (Å²) < 4.78 is 32.6. The highest BCUT2D eigenvalue weighted by molar-refractivity contribution is 7.89. The minimum Gasteiger partial charge on any atom is -0.376 e. The van der Waals surface area contributed by atoms with E-state index in [-0.39, 0.29) is 11.1 Å². The van der Waals surface area contributed by atoms with Crippen LogP contribution in [0.3, 0.4) is 0 Å². The number of rotatable bonds is 4.